The molecule has 1 saturated heterocycles. The first-order valence-electron chi connectivity index (χ1n) is 6.03. The lowest BCUT2D eigenvalue weighted by Crippen LogP contribution is -2.23. The van der Waals surface area contributed by atoms with E-state index >= 15 is 0 Å². The molecule has 1 aliphatic heterocycles. The second-order valence-corrected chi connectivity index (χ2v) is 4.49. The summed E-state index contributed by atoms with van der Waals surface area (Å²) in [5.74, 6) is 0.587. The van der Waals surface area contributed by atoms with Gasteiger partial charge in [-0.3, -0.25) is 4.98 Å². The quantitative estimate of drug-likeness (QED) is 0.832. The van der Waals surface area contributed by atoms with E-state index in [0.717, 1.165) is 18.7 Å². The molecule has 1 fully saturated rings. The third-order valence-electron chi connectivity index (χ3n) is 2.53. The fourth-order valence-electron chi connectivity index (χ4n) is 1.61. The molecule has 17 heavy (non-hydrogen) atoms. The summed E-state index contributed by atoms with van der Waals surface area (Å²) >= 11 is 0. The van der Waals surface area contributed by atoms with Gasteiger partial charge in [0.25, 0.3) is 0 Å². The molecule has 2 heterocycles. The van der Waals surface area contributed by atoms with E-state index in [9.17, 15) is 0 Å². The van der Waals surface area contributed by atoms with Crippen LogP contribution < -0.4 is 10.1 Å². The topological polar surface area (TPSA) is 56.3 Å². The summed E-state index contributed by atoms with van der Waals surface area (Å²) in [6.07, 6.45) is 4.46. The maximum Gasteiger partial charge on any atom is 0.232 e. The van der Waals surface area contributed by atoms with E-state index in [4.69, 9.17) is 9.47 Å². The SMILES string of the molecule is CC(C)NCc1cncc(OC2CCOC2)n1. The first kappa shape index (κ1) is 12.3. The third-order valence-corrected chi connectivity index (χ3v) is 2.53. The van der Waals surface area contributed by atoms with Crippen molar-refractivity contribution in [2.45, 2.75) is 39.0 Å². The highest BCUT2D eigenvalue weighted by Crippen LogP contribution is 2.13. The number of hydrogen-bond acceptors (Lipinski definition) is 5. The Hall–Kier alpha value is -1.20. The average Bonchev–Trinajstić information content (AvgIpc) is 2.80. The fourth-order valence-corrected chi connectivity index (χ4v) is 1.61. The van der Waals surface area contributed by atoms with Crippen LogP contribution in [-0.2, 0) is 11.3 Å². The molecule has 1 unspecified atom stereocenters. The Kier molecular flexibility index (Phi) is 4.28. The lowest BCUT2D eigenvalue weighted by molar-refractivity contribution is 0.137. The van der Waals surface area contributed by atoms with Crippen LogP contribution >= 0.6 is 0 Å². The van der Waals surface area contributed by atoms with Crippen molar-refractivity contribution in [3.63, 3.8) is 0 Å². The number of aromatic nitrogens is 2. The largest absolute Gasteiger partial charge is 0.471 e. The van der Waals surface area contributed by atoms with Crippen molar-refractivity contribution in [1.29, 1.82) is 0 Å². The van der Waals surface area contributed by atoms with E-state index in [-0.39, 0.29) is 6.10 Å². The van der Waals surface area contributed by atoms with Crippen LogP contribution in [0.25, 0.3) is 0 Å². The van der Waals surface area contributed by atoms with Gasteiger partial charge in [-0.2, -0.15) is 0 Å². The smallest absolute Gasteiger partial charge is 0.232 e. The molecule has 0 saturated carbocycles. The lowest BCUT2D eigenvalue weighted by atomic mass is 10.3. The van der Waals surface area contributed by atoms with Gasteiger partial charge in [0.15, 0.2) is 0 Å². The van der Waals surface area contributed by atoms with Crippen molar-refractivity contribution in [1.82, 2.24) is 15.3 Å². The molecule has 5 nitrogen and oxygen atoms in total. The minimum Gasteiger partial charge on any atom is -0.471 e. The van der Waals surface area contributed by atoms with Gasteiger partial charge >= 0.3 is 0 Å². The Labute approximate surface area is 102 Å². The summed E-state index contributed by atoms with van der Waals surface area (Å²) in [6.45, 7) is 6.33. The third kappa shape index (κ3) is 3.94. The standard InChI is InChI=1S/C12H19N3O2/c1-9(2)14-6-10-5-13-7-12(15-10)17-11-3-4-16-8-11/h5,7,9,11,14H,3-4,6,8H2,1-2H3. The van der Waals surface area contributed by atoms with Crippen molar-refractivity contribution in [2.75, 3.05) is 13.2 Å². The molecule has 0 aliphatic carbocycles. The summed E-state index contributed by atoms with van der Waals surface area (Å²) in [6, 6.07) is 0.435. The number of rotatable bonds is 5. The van der Waals surface area contributed by atoms with Crippen molar-refractivity contribution in [3.05, 3.63) is 18.1 Å². The van der Waals surface area contributed by atoms with Crippen LogP contribution in [0.1, 0.15) is 26.0 Å². The molecule has 1 aromatic heterocycles. The van der Waals surface area contributed by atoms with Crippen molar-refractivity contribution < 1.29 is 9.47 Å². The van der Waals surface area contributed by atoms with Crippen LogP contribution in [-0.4, -0.2) is 35.3 Å². The first-order chi connectivity index (χ1) is 8.24. The van der Waals surface area contributed by atoms with Gasteiger partial charge in [0, 0.05) is 25.2 Å². The summed E-state index contributed by atoms with van der Waals surface area (Å²) in [4.78, 5) is 8.54. The van der Waals surface area contributed by atoms with Gasteiger partial charge in [0.1, 0.15) is 6.10 Å². The zero-order valence-electron chi connectivity index (χ0n) is 10.3. The Balaban J connectivity index is 1.91. The van der Waals surface area contributed by atoms with Crippen LogP contribution in [0.5, 0.6) is 5.88 Å². The summed E-state index contributed by atoms with van der Waals surface area (Å²) in [7, 11) is 0. The van der Waals surface area contributed by atoms with Crippen LogP contribution in [0, 0.1) is 0 Å². The Morgan fingerprint density at radius 3 is 3.12 bits per heavy atom. The van der Waals surface area contributed by atoms with Gasteiger partial charge in [-0.1, -0.05) is 13.8 Å². The molecular weight excluding hydrogens is 218 g/mol. The summed E-state index contributed by atoms with van der Waals surface area (Å²) in [5, 5.41) is 3.30. The predicted octanol–water partition coefficient (Wildman–Crippen LogP) is 1.14. The molecule has 0 spiro atoms. The molecule has 0 bridgehead atoms. The molecule has 0 amide bonds. The maximum atomic E-state index is 5.70. The predicted molar refractivity (Wildman–Crippen MR) is 63.9 cm³/mol. The molecule has 0 aromatic carbocycles. The molecule has 1 atom stereocenters. The van der Waals surface area contributed by atoms with E-state index in [2.05, 4.69) is 29.1 Å². The van der Waals surface area contributed by atoms with Crippen LogP contribution in [0.3, 0.4) is 0 Å². The van der Waals surface area contributed by atoms with Gasteiger partial charge in [-0.25, -0.2) is 4.98 Å². The van der Waals surface area contributed by atoms with Crippen molar-refractivity contribution in [3.8, 4) is 5.88 Å². The Morgan fingerprint density at radius 2 is 2.41 bits per heavy atom. The second kappa shape index (κ2) is 5.93. The highest BCUT2D eigenvalue weighted by atomic mass is 16.5. The highest BCUT2D eigenvalue weighted by molar-refractivity contribution is 5.09. The fraction of sp³-hybridized carbons (Fsp3) is 0.667. The van der Waals surface area contributed by atoms with Crippen LogP contribution in [0.4, 0.5) is 0 Å². The van der Waals surface area contributed by atoms with Gasteiger partial charge in [-0.15, -0.1) is 0 Å². The molecule has 1 aromatic rings. The zero-order chi connectivity index (χ0) is 12.1. The van der Waals surface area contributed by atoms with Gasteiger partial charge in [0.05, 0.1) is 25.1 Å². The number of ether oxygens (including phenoxy) is 2. The molecular formula is C12H19N3O2. The second-order valence-electron chi connectivity index (χ2n) is 4.49. The molecule has 94 valence electrons. The molecule has 2 rings (SSSR count). The minimum atomic E-state index is 0.123. The Morgan fingerprint density at radius 1 is 1.53 bits per heavy atom. The number of nitrogens with one attached hydrogen (secondary N) is 1. The molecule has 1 N–H and O–H groups in total. The van der Waals surface area contributed by atoms with E-state index in [1.807, 2.05) is 0 Å². The van der Waals surface area contributed by atoms with E-state index < -0.39 is 0 Å². The molecule has 0 radical (unpaired) electrons. The highest BCUT2D eigenvalue weighted by Gasteiger charge is 2.17. The lowest BCUT2D eigenvalue weighted by Gasteiger charge is -2.12. The van der Waals surface area contributed by atoms with Crippen LogP contribution in [0.15, 0.2) is 12.4 Å². The molecule has 5 heteroatoms. The monoisotopic (exact) mass is 237 g/mol. The number of hydrogen-bond donors (Lipinski definition) is 1. The van der Waals surface area contributed by atoms with Crippen molar-refractivity contribution >= 4 is 0 Å². The van der Waals surface area contributed by atoms with Gasteiger partial charge in [-0.05, 0) is 0 Å². The maximum absolute atomic E-state index is 5.70. The van der Waals surface area contributed by atoms with Gasteiger partial charge < -0.3 is 14.8 Å². The summed E-state index contributed by atoms with van der Waals surface area (Å²) in [5.41, 5.74) is 0.898. The van der Waals surface area contributed by atoms with E-state index in [1.54, 1.807) is 12.4 Å². The van der Waals surface area contributed by atoms with E-state index in [0.29, 0.717) is 25.1 Å². The number of nitrogens with zero attached hydrogens (tertiary/aromatic N) is 2. The first-order valence-corrected chi connectivity index (χ1v) is 6.03. The van der Waals surface area contributed by atoms with Gasteiger partial charge in [0.2, 0.25) is 5.88 Å². The normalized spacial score (nSPS) is 19.8. The van der Waals surface area contributed by atoms with Crippen LogP contribution in [0.2, 0.25) is 0 Å². The van der Waals surface area contributed by atoms with Crippen molar-refractivity contribution in [2.24, 2.45) is 0 Å². The summed E-state index contributed by atoms with van der Waals surface area (Å²) < 4.78 is 10.9. The average molecular weight is 237 g/mol. The Bertz CT molecular complexity index is 351. The van der Waals surface area contributed by atoms with E-state index in [1.165, 1.54) is 0 Å². The minimum absolute atomic E-state index is 0.123. The molecule has 1 aliphatic rings. The zero-order valence-corrected chi connectivity index (χ0v) is 10.3.